The second-order valence-electron chi connectivity index (χ2n) is 6.17. The first-order valence-corrected chi connectivity index (χ1v) is 7.87. The number of hydrogen-bond acceptors (Lipinski definition) is 2. The Morgan fingerprint density at radius 1 is 0.727 bits per heavy atom. The quantitative estimate of drug-likeness (QED) is 0.832. The minimum atomic E-state index is 0.243. The molecular weight excluding hydrogens is 268 g/mol. The van der Waals surface area contributed by atoms with Crippen LogP contribution in [0.2, 0.25) is 0 Å². The van der Waals surface area contributed by atoms with Gasteiger partial charge in [0, 0.05) is 12.1 Å². The third-order valence-corrected chi connectivity index (χ3v) is 4.14. The fourth-order valence-electron chi connectivity index (χ4n) is 2.58. The van der Waals surface area contributed by atoms with Crippen LogP contribution in [0.5, 0.6) is 0 Å². The molecule has 0 aromatic heterocycles. The van der Waals surface area contributed by atoms with Gasteiger partial charge in [-0.25, -0.2) is 0 Å². The topological polar surface area (TPSA) is 35.8 Å². The fraction of sp³-hybridized carbons (Fsp3) is 0.350. The van der Waals surface area contributed by atoms with Crippen molar-refractivity contribution in [3.05, 3.63) is 70.8 Å². The first-order chi connectivity index (χ1) is 10.5. The van der Waals surface area contributed by atoms with Gasteiger partial charge in [0.25, 0.3) is 0 Å². The van der Waals surface area contributed by atoms with Crippen LogP contribution in [0.15, 0.2) is 48.5 Å². The molecule has 0 aliphatic heterocycles. The van der Waals surface area contributed by atoms with Crippen molar-refractivity contribution in [2.45, 2.75) is 45.7 Å². The van der Waals surface area contributed by atoms with Crippen molar-refractivity contribution in [3.8, 4) is 6.07 Å². The minimum absolute atomic E-state index is 0.243. The predicted octanol–water partition coefficient (Wildman–Crippen LogP) is 5.09. The lowest BCUT2D eigenvalue weighted by Gasteiger charge is -2.21. The molecule has 2 aromatic rings. The molecule has 1 N–H and O–H groups in total. The highest BCUT2D eigenvalue weighted by molar-refractivity contribution is 5.33. The van der Waals surface area contributed by atoms with Gasteiger partial charge in [-0.2, -0.15) is 5.26 Å². The molecule has 0 heterocycles. The Morgan fingerprint density at radius 3 is 1.55 bits per heavy atom. The number of nitrogens with one attached hydrogen (secondary N) is 1. The van der Waals surface area contributed by atoms with Gasteiger partial charge in [0.2, 0.25) is 0 Å². The molecule has 0 radical (unpaired) electrons. The maximum Gasteiger partial charge on any atom is 0.0991 e. The summed E-state index contributed by atoms with van der Waals surface area (Å²) in [5, 5.41) is 12.5. The molecule has 0 aliphatic rings. The van der Waals surface area contributed by atoms with Crippen LogP contribution in [-0.4, -0.2) is 0 Å². The Kier molecular flexibility index (Phi) is 5.35. The average Bonchev–Trinajstić information content (AvgIpc) is 2.54. The van der Waals surface area contributed by atoms with E-state index in [9.17, 15) is 0 Å². The SMILES string of the molecule is CC(C)c1ccc(C(C)NC(C)c2ccc(C#N)cc2)cc1. The van der Waals surface area contributed by atoms with Crippen LogP contribution in [-0.2, 0) is 0 Å². The van der Waals surface area contributed by atoms with Crippen LogP contribution < -0.4 is 5.32 Å². The number of rotatable bonds is 5. The molecule has 2 atom stereocenters. The van der Waals surface area contributed by atoms with Gasteiger partial charge in [0.15, 0.2) is 0 Å². The monoisotopic (exact) mass is 292 g/mol. The normalized spacial score (nSPS) is 13.6. The van der Waals surface area contributed by atoms with Gasteiger partial charge >= 0.3 is 0 Å². The van der Waals surface area contributed by atoms with Gasteiger partial charge < -0.3 is 5.32 Å². The van der Waals surface area contributed by atoms with Gasteiger partial charge in [0.05, 0.1) is 11.6 Å². The summed E-state index contributed by atoms with van der Waals surface area (Å²) in [5.41, 5.74) is 4.57. The van der Waals surface area contributed by atoms with E-state index >= 15 is 0 Å². The molecule has 2 aromatic carbocycles. The van der Waals surface area contributed by atoms with E-state index in [-0.39, 0.29) is 12.1 Å². The molecule has 0 saturated carbocycles. The first kappa shape index (κ1) is 16.3. The number of hydrogen-bond donors (Lipinski definition) is 1. The molecule has 0 spiro atoms. The number of benzene rings is 2. The van der Waals surface area contributed by atoms with E-state index in [1.165, 1.54) is 16.7 Å². The maximum absolute atomic E-state index is 8.86. The molecular formula is C20H24N2. The van der Waals surface area contributed by atoms with E-state index < -0.39 is 0 Å². The Bertz CT molecular complexity index is 633. The molecule has 2 unspecified atom stereocenters. The molecule has 0 saturated heterocycles. The van der Waals surface area contributed by atoms with Gasteiger partial charge in [-0.3, -0.25) is 0 Å². The summed E-state index contributed by atoms with van der Waals surface area (Å²) >= 11 is 0. The van der Waals surface area contributed by atoms with Gasteiger partial charge in [0.1, 0.15) is 0 Å². The average molecular weight is 292 g/mol. The van der Waals surface area contributed by atoms with Crippen molar-refractivity contribution < 1.29 is 0 Å². The summed E-state index contributed by atoms with van der Waals surface area (Å²) in [5.74, 6) is 0.565. The van der Waals surface area contributed by atoms with Crippen molar-refractivity contribution in [2.24, 2.45) is 0 Å². The highest BCUT2D eigenvalue weighted by Crippen LogP contribution is 2.22. The molecule has 2 rings (SSSR count). The van der Waals surface area contributed by atoms with Gasteiger partial charge in [-0.1, -0.05) is 50.2 Å². The lowest BCUT2D eigenvalue weighted by molar-refractivity contribution is 0.494. The van der Waals surface area contributed by atoms with Gasteiger partial charge in [-0.15, -0.1) is 0 Å². The zero-order valence-corrected chi connectivity index (χ0v) is 13.8. The van der Waals surface area contributed by atoms with Crippen LogP contribution in [0, 0.1) is 11.3 Å². The summed E-state index contributed by atoms with van der Waals surface area (Å²) in [4.78, 5) is 0. The second-order valence-corrected chi connectivity index (χ2v) is 6.17. The largest absolute Gasteiger partial charge is 0.304 e. The highest BCUT2D eigenvalue weighted by atomic mass is 14.9. The predicted molar refractivity (Wildman–Crippen MR) is 91.7 cm³/mol. The van der Waals surface area contributed by atoms with Crippen LogP contribution in [0.1, 0.15) is 68.0 Å². The smallest absolute Gasteiger partial charge is 0.0991 e. The molecule has 2 nitrogen and oxygen atoms in total. The molecule has 114 valence electrons. The van der Waals surface area contributed by atoms with Crippen molar-refractivity contribution in [3.63, 3.8) is 0 Å². The zero-order chi connectivity index (χ0) is 16.1. The molecule has 22 heavy (non-hydrogen) atoms. The number of nitrogens with zero attached hydrogens (tertiary/aromatic N) is 1. The third kappa shape index (κ3) is 3.96. The lowest BCUT2D eigenvalue weighted by atomic mass is 9.98. The fourth-order valence-corrected chi connectivity index (χ4v) is 2.58. The summed E-state index contributed by atoms with van der Waals surface area (Å²) in [6.07, 6.45) is 0. The van der Waals surface area contributed by atoms with E-state index in [2.05, 4.69) is 63.3 Å². The van der Waals surface area contributed by atoms with Crippen LogP contribution in [0.4, 0.5) is 0 Å². The van der Waals surface area contributed by atoms with Crippen LogP contribution >= 0.6 is 0 Å². The van der Waals surface area contributed by atoms with Crippen LogP contribution in [0.3, 0.4) is 0 Å². The van der Waals surface area contributed by atoms with E-state index in [0.29, 0.717) is 11.5 Å². The lowest BCUT2D eigenvalue weighted by Crippen LogP contribution is -2.22. The Hall–Kier alpha value is -2.11. The summed E-state index contributed by atoms with van der Waals surface area (Å²) < 4.78 is 0. The standard InChI is InChI=1S/C20H24N2/c1-14(2)18-9-11-20(12-10-18)16(4)22-15(3)19-7-5-17(13-21)6-8-19/h5-12,14-16,22H,1-4H3. The minimum Gasteiger partial charge on any atom is -0.304 e. The van der Waals surface area contributed by atoms with Crippen molar-refractivity contribution >= 4 is 0 Å². The van der Waals surface area contributed by atoms with Crippen molar-refractivity contribution in [2.75, 3.05) is 0 Å². The maximum atomic E-state index is 8.86. The summed E-state index contributed by atoms with van der Waals surface area (Å²) in [6.45, 7) is 8.76. The highest BCUT2D eigenvalue weighted by Gasteiger charge is 2.11. The zero-order valence-electron chi connectivity index (χ0n) is 13.8. The molecule has 0 fully saturated rings. The summed E-state index contributed by atoms with van der Waals surface area (Å²) in [7, 11) is 0. The molecule has 0 amide bonds. The van der Waals surface area contributed by atoms with Crippen LogP contribution in [0.25, 0.3) is 0 Å². The Morgan fingerprint density at radius 2 is 1.14 bits per heavy atom. The Labute approximate surface area is 133 Å². The van der Waals surface area contributed by atoms with Crippen molar-refractivity contribution in [1.29, 1.82) is 5.26 Å². The van der Waals surface area contributed by atoms with E-state index in [0.717, 1.165) is 0 Å². The van der Waals surface area contributed by atoms with Gasteiger partial charge in [-0.05, 0) is 48.6 Å². The van der Waals surface area contributed by atoms with Crippen molar-refractivity contribution in [1.82, 2.24) is 5.32 Å². The first-order valence-electron chi connectivity index (χ1n) is 7.87. The van der Waals surface area contributed by atoms with E-state index in [4.69, 9.17) is 5.26 Å². The number of nitriles is 1. The van der Waals surface area contributed by atoms with E-state index in [1.807, 2.05) is 24.3 Å². The summed E-state index contributed by atoms with van der Waals surface area (Å²) in [6, 6.07) is 19.3. The van der Waals surface area contributed by atoms with E-state index in [1.54, 1.807) is 0 Å². The second kappa shape index (κ2) is 7.24. The third-order valence-electron chi connectivity index (χ3n) is 4.14. The molecule has 0 aliphatic carbocycles. The molecule has 0 bridgehead atoms. The molecule has 2 heteroatoms. The Balaban J connectivity index is 2.03.